The fourth-order valence-electron chi connectivity index (χ4n) is 3.59. The van der Waals surface area contributed by atoms with E-state index in [1.165, 1.54) is 0 Å². The van der Waals surface area contributed by atoms with Gasteiger partial charge in [-0.25, -0.2) is 0 Å². The Bertz CT molecular complexity index is 588. The van der Waals surface area contributed by atoms with Crippen molar-refractivity contribution >= 4 is 21.5 Å². The molecule has 0 spiro atoms. The van der Waals surface area contributed by atoms with Gasteiger partial charge < -0.3 is 5.11 Å². The maximum absolute atomic E-state index is 12.9. The summed E-state index contributed by atoms with van der Waals surface area (Å²) in [5.74, 6) is 0.521. The Hall–Kier alpha value is -0.470. The topological polar surface area (TPSA) is 60.9 Å². The first-order chi connectivity index (χ1) is 10.5. The summed E-state index contributed by atoms with van der Waals surface area (Å²) >= 11 is 1.62. The van der Waals surface area contributed by atoms with E-state index in [0.717, 1.165) is 18.4 Å². The largest absolute Gasteiger partial charge is 0.396 e. The number of hydrogen-bond donors (Lipinski definition) is 1. The van der Waals surface area contributed by atoms with E-state index in [1.807, 2.05) is 11.4 Å². The van der Waals surface area contributed by atoms with Crippen molar-refractivity contribution in [1.82, 2.24) is 8.61 Å². The highest BCUT2D eigenvalue weighted by Crippen LogP contribution is 2.36. The van der Waals surface area contributed by atoms with Crippen molar-refractivity contribution in [1.29, 1.82) is 0 Å². The molecule has 0 radical (unpaired) electrons. The van der Waals surface area contributed by atoms with Gasteiger partial charge in [0, 0.05) is 44.6 Å². The van der Waals surface area contributed by atoms with Crippen molar-refractivity contribution in [3.8, 4) is 0 Å². The lowest BCUT2D eigenvalue weighted by molar-refractivity contribution is 0.221. The fourth-order valence-corrected chi connectivity index (χ4v) is 6.17. The number of hydrogen-bond acceptors (Lipinski definition) is 4. The molecule has 2 aliphatic heterocycles. The van der Waals surface area contributed by atoms with Gasteiger partial charge in [-0.05, 0) is 41.1 Å². The predicted molar refractivity (Wildman–Crippen MR) is 88.1 cm³/mol. The Balaban J connectivity index is 1.77. The molecule has 0 aliphatic carbocycles. The first kappa shape index (κ1) is 16.4. The number of aliphatic hydroxyl groups excluding tert-OH is 1. The van der Waals surface area contributed by atoms with Crippen molar-refractivity contribution in [3.63, 3.8) is 0 Å². The van der Waals surface area contributed by atoms with Crippen LogP contribution in [0.3, 0.4) is 0 Å². The zero-order chi connectivity index (χ0) is 15.7. The van der Waals surface area contributed by atoms with Crippen LogP contribution in [0.5, 0.6) is 0 Å². The van der Waals surface area contributed by atoms with Crippen LogP contribution in [-0.4, -0.2) is 54.9 Å². The molecule has 2 saturated heterocycles. The third kappa shape index (κ3) is 3.10. The first-order valence-electron chi connectivity index (χ1n) is 7.90. The lowest BCUT2D eigenvalue weighted by Crippen LogP contribution is -2.47. The molecular weight excluding hydrogens is 320 g/mol. The summed E-state index contributed by atoms with van der Waals surface area (Å²) in [5, 5.41) is 13.7. The molecule has 2 aliphatic rings. The molecule has 124 valence electrons. The molecule has 0 amide bonds. The smallest absolute Gasteiger partial charge is 0.282 e. The van der Waals surface area contributed by atoms with E-state index in [1.54, 1.807) is 19.9 Å². The third-order valence-electron chi connectivity index (χ3n) is 4.89. The number of nitrogens with zero attached hydrogens (tertiary/aromatic N) is 2. The Morgan fingerprint density at radius 2 is 2.14 bits per heavy atom. The molecule has 3 unspecified atom stereocenters. The van der Waals surface area contributed by atoms with E-state index in [9.17, 15) is 13.5 Å². The quantitative estimate of drug-likeness (QED) is 0.905. The molecule has 3 heterocycles. The second-order valence-electron chi connectivity index (χ2n) is 6.54. The number of aliphatic hydroxyl groups is 1. The Morgan fingerprint density at radius 1 is 1.32 bits per heavy atom. The lowest BCUT2D eigenvalue weighted by atomic mass is 9.92. The fraction of sp³-hybridized carbons (Fsp3) is 0.733. The van der Waals surface area contributed by atoms with Crippen molar-refractivity contribution in [3.05, 3.63) is 22.4 Å². The normalized spacial score (nSPS) is 31.6. The van der Waals surface area contributed by atoms with Crippen molar-refractivity contribution in [2.45, 2.75) is 25.7 Å². The van der Waals surface area contributed by atoms with Crippen LogP contribution in [0, 0.1) is 11.8 Å². The summed E-state index contributed by atoms with van der Waals surface area (Å²) in [4.78, 5) is 0. The first-order valence-corrected chi connectivity index (χ1v) is 10.2. The van der Waals surface area contributed by atoms with Gasteiger partial charge in [0.25, 0.3) is 10.2 Å². The number of rotatable bonds is 4. The van der Waals surface area contributed by atoms with E-state index in [2.05, 4.69) is 12.3 Å². The van der Waals surface area contributed by atoms with Crippen LogP contribution in [0.4, 0.5) is 0 Å². The second kappa shape index (κ2) is 6.57. The van der Waals surface area contributed by atoms with Gasteiger partial charge in [-0.2, -0.15) is 28.4 Å². The van der Waals surface area contributed by atoms with Gasteiger partial charge in [-0.15, -0.1) is 0 Å². The summed E-state index contributed by atoms with van der Waals surface area (Å²) in [7, 11) is -3.40. The van der Waals surface area contributed by atoms with E-state index in [-0.39, 0.29) is 18.4 Å². The van der Waals surface area contributed by atoms with Gasteiger partial charge in [0.2, 0.25) is 0 Å². The number of piperidine rings is 1. The lowest BCUT2D eigenvalue weighted by Gasteiger charge is -2.33. The number of thiophene rings is 1. The monoisotopic (exact) mass is 344 g/mol. The van der Waals surface area contributed by atoms with Gasteiger partial charge in [-0.3, -0.25) is 0 Å². The second-order valence-corrected chi connectivity index (χ2v) is 9.24. The standard InChI is InChI=1S/C15H24N2O3S2/c1-12-3-2-5-16(7-12)22(19,20)17-8-14(10-18)15(9-17)13-4-6-21-11-13/h4,6,11-12,14-15,18H,2-3,5,7-10H2,1H3. The molecule has 0 saturated carbocycles. The highest BCUT2D eigenvalue weighted by molar-refractivity contribution is 7.86. The Labute approximate surface area is 136 Å². The molecule has 0 aromatic carbocycles. The van der Waals surface area contributed by atoms with Gasteiger partial charge in [0.15, 0.2) is 0 Å². The zero-order valence-corrected chi connectivity index (χ0v) is 14.5. The molecule has 22 heavy (non-hydrogen) atoms. The van der Waals surface area contributed by atoms with E-state index < -0.39 is 10.2 Å². The average molecular weight is 345 g/mol. The van der Waals surface area contributed by atoms with Crippen molar-refractivity contribution < 1.29 is 13.5 Å². The van der Waals surface area contributed by atoms with Crippen LogP contribution in [0.2, 0.25) is 0 Å². The maximum Gasteiger partial charge on any atom is 0.282 e. The molecule has 3 rings (SSSR count). The van der Waals surface area contributed by atoms with Crippen molar-refractivity contribution in [2.75, 3.05) is 32.8 Å². The predicted octanol–water partition coefficient (Wildman–Crippen LogP) is 1.73. The van der Waals surface area contributed by atoms with Crippen LogP contribution >= 0.6 is 11.3 Å². The molecule has 1 N–H and O–H groups in total. The molecule has 0 bridgehead atoms. The minimum atomic E-state index is -3.40. The highest BCUT2D eigenvalue weighted by atomic mass is 32.2. The van der Waals surface area contributed by atoms with Crippen molar-refractivity contribution in [2.24, 2.45) is 11.8 Å². The molecular formula is C15H24N2O3S2. The molecule has 3 atom stereocenters. The minimum Gasteiger partial charge on any atom is -0.396 e. The van der Waals surface area contributed by atoms with Crippen LogP contribution < -0.4 is 0 Å². The average Bonchev–Trinajstić information content (AvgIpc) is 3.16. The van der Waals surface area contributed by atoms with Gasteiger partial charge in [0.05, 0.1) is 0 Å². The molecule has 5 nitrogen and oxygen atoms in total. The molecule has 2 fully saturated rings. The summed E-state index contributed by atoms with van der Waals surface area (Å²) in [6.07, 6.45) is 2.04. The van der Waals surface area contributed by atoms with Crippen LogP contribution in [0.1, 0.15) is 31.2 Å². The summed E-state index contributed by atoms with van der Waals surface area (Å²) < 4.78 is 29.0. The zero-order valence-electron chi connectivity index (χ0n) is 12.9. The van der Waals surface area contributed by atoms with E-state index in [4.69, 9.17) is 0 Å². The van der Waals surface area contributed by atoms with Crippen LogP contribution in [0.15, 0.2) is 16.8 Å². The van der Waals surface area contributed by atoms with Gasteiger partial charge in [0.1, 0.15) is 0 Å². The molecule has 1 aromatic rings. The van der Waals surface area contributed by atoms with Crippen LogP contribution in [-0.2, 0) is 10.2 Å². The van der Waals surface area contributed by atoms with Gasteiger partial charge in [-0.1, -0.05) is 6.92 Å². The molecule has 7 heteroatoms. The maximum atomic E-state index is 12.9. The van der Waals surface area contributed by atoms with E-state index in [0.29, 0.717) is 32.1 Å². The highest BCUT2D eigenvalue weighted by Gasteiger charge is 2.42. The Morgan fingerprint density at radius 3 is 2.77 bits per heavy atom. The Kier molecular flexibility index (Phi) is 4.89. The summed E-state index contributed by atoms with van der Waals surface area (Å²) in [6, 6.07) is 2.04. The van der Waals surface area contributed by atoms with E-state index >= 15 is 0 Å². The molecule has 1 aromatic heterocycles. The minimum absolute atomic E-state index is 0.00779. The third-order valence-corrected chi connectivity index (χ3v) is 7.52. The SMILES string of the molecule is CC1CCCN(S(=O)(=O)N2CC(CO)C(c3ccsc3)C2)C1. The van der Waals surface area contributed by atoms with Crippen LogP contribution in [0.25, 0.3) is 0 Å². The summed E-state index contributed by atoms with van der Waals surface area (Å²) in [5.41, 5.74) is 1.15. The van der Waals surface area contributed by atoms with Gasteiger partial charge >= 0.3 is 0 Å². The summed E-state index contributed by atoms with van der Waals surface area (Å²) in [6.45, 7) is 4.28.